The SMILES string of the molecule is O=c1[nH]c(=S)[nH]c(O)c1N=Nc1ccc(S(=O)(=O)N2CCCC2)cc1. The number of aromatic hydroxyl groups is 1. The zero-order valence-electron chi connectivity index (χ0n) is 13.0. The van der Waals surface area contributed by atoms with Gasteiger partial charge in [0.05, 0.1) is 10.6 Å². The van der Waals surface area contributed by atoms with Crippen molar-refractivity contribution in [2.24, 2.45) is 10.2 Å². The Morgan fingerprint density at radius 2 is 1.72 bits per heavy atom. The average Bonchev–Trinajstić information content (AvgIpc) is 3.09. The van der Waals surface area contributed by atoms with Crippen LogP contribution in [0.5, 0.6) is 5.88 Å². The van der Waals surface area contributed by atoms with Crippen LogP contribution in [0.2, 0.25) is 0 Å². The Morgan fingerprint density at radius 3 is 2.32 bits per heavy atom. The lowest BCUT2D eigenvalue weighted by atomic mass is 10.3. The summed E-state index contributed by atoms with van der Waals surface area (Å²) in [6.45, 7) is 1.06. The van der Waals surface area contributed by atoms with Crippen LogP contribution in [-0.4, -0.2) is 40.9 Å². The molecular formula is C14H15N5O4S2. The Hall–Kier alpha value is -2.37. The molecule has 25 heavy (non-hydrogen) atoms. The molecule has 0 atom stereocenters. The van der Waals surface area contributed by atoms with Crippen molar-refractivity contribution in [2.45, 2.75) is 17.7 Å². The van der Waals surface area contributed by atoms with E-state index in [1.165, 1.54) is 28.6 Å². The molecule has 0 saturated carbocycles. The minimum Gasteiger partial charge on any atom is -0.493 e. The van der Waals surface area contributed by atoms with Gasteiger partial charge in [-0.05, 0) is 49.3 Å². The molecular weight excluding hydrogens is 366 g/mol. The van der Waals surface area contributed by atoms with Crippen LogP contribution in [0.3, 0.4) is 0 Å². The summed E-state index contributed by atoms with van der Waals surface area (Å²) in [6, 6.07) is 5.82. The topological polar surface area (TPSA) is 131 Å². The van der Waals surface area contributed by atoms with Gasteiger partial charge in [-0.15, -0.1) is 5.11 Å². The van der Waals surface area contributed by atoms with E-state index in [0.29, 0.717) is 18.8 Å². The highest BCUT2D eigenvalue weighted by atomic mass is 32.2. The van der Waals surface area contributed by atoms with E-state index in [1.54, 1.807) is 0 Å². The lowest BCUT2D eigenvalue weighted by Crippen LogP contribution is -2.27. The largest absolute Gasteiger partial charge is 0.493 e. The molecule has 1 aliphatic rings. The first kappa shape index (κ1) is 17.5. The van der Waals surface area contributed by atoms with Crippen molar-refractivity contribution in [1.29, 1.82) is 0 Å². The summed E-state index contributed by atoms with van der Waals surface area (Å²) < 4.78 is 26.3. The summed E-state index contributed by atoms with van der Waals surface area (Å²) >= 11 is 4.71. The van der Waals surface area contributed by atoms with Gasteiger partial charge < -0.3 is 10.1 Å². The minimum atomic E-state index is -3.49. The van der Waals surface area contributed by atoms with Crippen molar-refractivity contribution in [3.8, 4) is 5.88 Å². The monoisotopic (exact) mass is 381 g/mol. The number of hydrogen-bond donors (Lipinski definition) is 3. The van der Waals surface area contributed by atoms with Gasteiger partial charge in [0.15, 0.2) is 4.77 Å². The van der Waals surface area contributed by atoms with Crippen LogP contribution >= 0.6 is 12.2 Å². The zero-order chi connectivity index (χ0) is 18.0. The van der Waals surface area contributed by atoms with Gasteiger partial charge in [-0.1, -0.05) is 0 Å². The molecule has 1 aromatic carbocycles. The van der Waals surface area contributed by atoms with Crippen LogP contribution in [0.4, 0.5) is 11.4 Å². The second-order valence-electron chi connectivity index (χ2n) is 5.41. The molecule has 3 rings (SSSR count). The second-order valence-corrected chi connectivity index (χ2v) is 7.76. The number of sulfonamides is 1. The molecule has 0 unspecified atom stereocenters. The fourth-order valence-electron chi connectivity index (χ4n) is 2.43. The van der Waals surface area contributed by atoms with E-state index in [-0.39, 0.29) is 15.4 Å². The van der Waals surface area contributed by atoms with Gasteiger partial charge in [-0.2, -0.15) is 9.42 Å². The molecule has 1 aromatic heterocycles. The molecule has 132 valence electrons. The van der Waals surface area contributed by atoms with Gasteiger partial charge in [0, 0.05) is 13.1 Å². The zero-order valence-corrected chi connectivity index (χ0v) is 14.6. The lowest BCUT2D eigenvalue weighted by molar-refractivity contribution is 0.451. The summed E-state index contributed by atoms with van der Waals surface area (Å²) in [5, 5.41) is 17.2. The van der Waals surface area contributed by atoms with Crippen LogP contribution < -0.4 is 5.56 Å². The van der Waals surface area contributed by atoms with Gasteiger partial charge in [0.25, 0.3) is 5.56 Å². The van der Waals surface area contributed by atoms with Gasteiger partial charge in [-0.25, -0.2) is 8.42 Å². The molecule has 3 N–H and O–H groups in total. The first-order valence-electron chi connectivity index (χ1n) is 7.45. The molecule has 11 heteroatoms. The molecule has 0 bridgehead atoms. The summed E-state index contributed by atoms with van der Waals surface area (Å²) in [5.41, 5.74) is -0.665. The van der Waals surface area contributed by atoms with Crippen molar-refractivity contribution in [1.82, 2.24) is 14.3 Å². The van der Waals surface area contributed by atoms with E-state index >= 15 is 0 Å². The quantitative estimate of drug-likeness (QED) is 0.552. The normalized spacial score (nSPS) is 15.8. The third-order valence-electron chi connectivity index (χ3n) is 3.70. The molecule has 2 aromatic rings. The molecule has 9 nitrogen and oxygen atoms in total. The van der Waals surface area contributed by atoms with Gasteiger partial charge in [0.1, 0.15) is 0 Å². The molecule has 0 aliphatic carbocycles. The fourth-order valence-corrected chi connectivity index (χ4v) is 4.14. The maximum atomic E-state index is 12.4. The van der Waals surface area contributed by atoms with Crippen LogP contribution in [0.25, 0.3) is 0 Å². The number of nitrogens with zero attached hydrogens (tertiary/aromatic N) is 3. The highest BCUT2D eigenvalue weighted by Gasteiger charge is 2.26. The average molecular weight is 381 g/mol. The number of hydrogen-bond acceptors (Lipinski definition) is 7. The van der Waals surface area contributed by atoms with E-state index in [9.17, 15) is 18.3 Å². The standard InChI is InChI=1S/C14H15N5O4S2/c20-12-11(13(21)16-14(24)15-12)18-17-9-3-5-10(6-4-9)25(22,23)19-7-1-2-8-19/h3-6H,1-2,7-8H2,(H3,15,16,20,21,24). The lowest BCUT2D eigenvalue weighted by Gasteiger charge is -2.15. The number of benzene rings is 1. The van der Waals surface area contributed by atoms with Crippen molar-refractivity contribution in [2.75, 3.05) is 13.1 Å². The van der Waals surface area contributed by atoms with Crippen molar-refractivity contribution >= 4 is 33.6 Å². The van der Waals surface area contributed by atoms with E-state index in [4.69, 9.17) is 12.2 Å². The molecule has 1 saturated heterocycles. The minimum absolute atomic E-state index is 0.0297. The second kappa shape index (κ2) is 6.86. The maximum Gasteiger partial charge on any atom is 0.283 e. The molecule has 1 aliphatic heterocycles. The third-order valence-corrected chi connectivity index (χ3v) is 5.82. The van der Waals surface area contributed by atoms with E-state index < -0.39 is 21.5 Å². The molecule has 0 spiro atoms. The van der Waals surface area contributed by atoms with Gasteiger partial charge in [-0.3, -0.25) is 9.78 Å². The summed E-state index contributed by atoms with van der Waals surface area (Å²) in [7, 11) is -3.49. The highest BCUT2D eigenvalue weighted by molar-refractivity contribution is 7.89. The number of aromatic amines is 2. The Kier molecular flexibility index (Phi) is 4.79. The van der Waals surface area contributed by atoms with Crippen molar-refractivity contribution in [3.05, 3.63) is 39.4 Å². The number of aromatic nitrogens is 2. The van der Waals surface area contributed by atoms with E-state index in [1.807, 2.05) is 0 Å². The molecule has 2 heterocycles. The van der Waals surface area contributed by atoms with Crippen LogP contribution in [0.1, 0.15) is 12.8 Å². The number of rotatable bonds is 4. The fraction of sp³-hybridized carbons (Fsp3) is 0.286. The number of azo groups is 1. The predicted octanol–water partition coefficient (Wildman–Crippen LogP) is 2.34. The summed E-state index contributed by atoms with van der Waals surface area (Å²) in [6.07, 6.45) is 1.73. The Bertz CT molecular complexity index is 1020. The summed E-state index contributed by atoms with van der Waals surface area (Å²) in [4.78, 5) is 16.5. The Labute approximate surface area is 148 Å². The predicted molar refractivity (Wildman–Crippen MR) is 92.5 cm³/mol. The van der Waals surface area contributed by atoms with E-state index in [2.05, 4.69) is 20.2 Å². The first-order valence-corrected chi connectivity index (χ1v) is 9.30. The molecule has 0 amide bonds. The van der Waals surface area contributed by atoms with Crippen molar-refractivity contribution in [3.63, 3.8) is 0 Å². The summed E-state index contributed by atoms with van der Waals surface area (Å²) in [5.74, 6) is -0.495. The highest BCUT2D eigenvalue weighted by Crippen LogP contribution is 2.25. The molecule has 0 radical (unpaired) electrons. The van der Waals surface area contributed by atoms with Crippen LogP contribution in [-0.2, 0) is 10.0 Å². The Balaban J connectivity index is 1.84. The molecule has 1 fully saturated rings. The van der Waals surface area contributed by atoms with Crippen LogP contribution in [0, 0.1) is 4.77 Å². The number of nitrogens with one attached hydrogen (secondary N) is 2. The smallest absolute Gasteiger partial charge is 0.283 e. The Morgan fingerprint density at radius 1 is 1.08 bits per heavy atom. The number of H-pyrrole nitrogens is 2. The van der Waals surface area contributed by atoms with Gasteiger partial charge >= 0.3 is 0 Å². The van der Waals surface area contributed by atoms with Gasteiger partial charge in [0.2, 0.25) is 21.6 Å². The van der Waals surface area contributed by atoms with Crippen molar-refractivity contribution < 1.29 is 13.5 Å². The van der Waals surface area contributed by atoms with Crippen LogP contribution in [0.15, 0.2) is 44.2 Å². The maximum absolute atomic E-state index is 12.4. The van der Waals surface area contributed by atoms with E-state index in [0.717, 1.165) is 12.8 Å². The first-order chi connectivity index (χ1) is 11.9. The third kappa shape index (κ3) is 3.67.